The first-order chi connectivity index (χ1) is 14.5. The summed E-state index contributed by atoms with van der Waals surface area (Å²) in [6.07, 6.45) is 0. The Morgan fingerprint density at radius 1 is 1.10 bits per heavy atom. The Balaban J connectivity index is 1.71. The quantitative estimate of drug-likeness (QED) is 0.411. The molecule has 3 aromatic rings. The molecule has 0 aliphatic rings. The second-order valence-electron chi connectivity index (χ2n) is 6.31. The van der Waals surface area contributed by atoms with Crippen molar-refractivity contribution in [1.82, 2.24) is 5.16 Å². The van der Waals surface area contributed by atoms with Gasteiger partial charge in [0.05, 0.1) is 17.2 Å². The maximum Gasteiger partial charge on any atom is 0.338 e. The lowest BCUT2D eigenvalue weighted by molar-refractivity contribution is 0.0335. The van der Waals surface area contributed by atoms with E-state index in [4.69, 9.17) is 25.6 Å². The molecule has 0 saturated carbocycles. The van der Waals surface area contributed by atoms with Crippen LogP contribution in [-0.2, 0) is 9.47 Å². The Morgan fingerprint density at radius 3 is 2.53 bits per heavy atom. The van der Waals surface area contributed by atoms with Gasteiger partial charge in [0.2, 0.25) is 0 Å². The molecule has 0 spiro atoms. The third kappa shape index (κ3) is 5.06. The number of aromatic nitrogens is 1. The van der Waals surface area contributed by atoms with E-state index in [2.05, 4.69) is 10.5 Å². The number of hydrogen-bond donors (Lipinski definition) is 1. The molecule has 1 amide bonds. The third-order valence-electron chi connectivity index (χ3n) is 4.26. The number of halogens is 1. The molecule has 8 heteroatoms. The van der Waals surface area contributed by atoms with Gasteiger partial charge in [0.25, 0.3) is 5.91 Å². The van der Waals surface area contributed by atoms with Crippen LogP contribution in [0.5, 0.6) is 0 Å². The summed E-state index contributed by atoms with van der Waals surface area (Å²) in [6, 6.07) is 13.5. The van der Waals surface area contributed by atoms with Crippen LogP contribution >= 0.6 is 11.6 Å². The van der Waals surface area contributed by atoms with Crippen LogP contribution in [0.3, 0.4) is 0 Å². The van der Waals surface area contributed by atoms with Gasteiger partial charge in [-0.15, -0.1) is 0 Å². The molecule has 0 aliphatic carbocycles. The van der Waals surface area contributed by atoms with Gasteiger partial charge in [0.15, 0.2) is 0 Å². The van der Waals surface area contributed by atoms with Crippen LogP contribution in [0, 0.1) is 6.92 Å². The molecule has 0 saturated heterocycles. The molecule has 1 heterocycles. The van der Waals surface area contributed by atoms with E-state index in [-0.39, 0.29) is 6.61 Å². The van der Waals surface area contributed by atoms with Crippen molar-refractivity contribution in [3.05, 3.63) is 70.4 Å². The second kappa shape index (κ2) is 10.0. The summed E-state index contributed by atoms with van der Waals surface area (Å²) in [7, 11) is 0. The van der Waals surface area contributed by atoms with E-state index in [9.17, 15) is 9.59 Å². The number of carbonyl (C=O) groups is 2. The summed E-state index contributed by atoms with van der Waals surface area (Å²) < 4.78 is 15.5. The standard InChI is InChI=1S/C22H21ClN2O5/c1-3-28-12-13-29-22(27)15-8-10-16(11-9-15)24-21(26)19-14(2)30-25-20(19)17-6-4-5-7-18(17)23/h4-11H,3,12-13H2,1-2H3,(H,24,26). The van der Waals surface area contributed by atoms with Gasteiger partial charge in [-0.05, 0) is 44.2 Å². The third-order valence-corrected chi connectivity index (χ3v) is 4.59. The largest absolute Gasteiger partial charge is 0.460 e. The van der Waals surface area contributed by atoms with Gasteiger partial charge in [0.1, 0.15) is 23.6 Å². The van der Waals surface area contributed by atoms with Crippen LogP contribution in [0.2, 0.25) is 5.02 Å². The van der Waals surface area contributed by atoms with Crippen molar-refractivity contribution in [3.63, 3.8) is 0 Å². The SMILES string of the molecule is CCOCCOC(=O)c1ccc(NC(=O)c2c(-c3ccccc3Cl)noc2C)cc1. The first-order valence-electron chi connectivity index (χ1n) is 9.38. The number of esters is 1. The number of ether oxygens (including phenoxy) is 2. The predicted octanol–water partition coefficient (Wildman–Crippen LogP) is 4.75. The van der Waals surface area contributed by atoms with Gasteiger partial charge in [0, 0.05) is 17.9 Å². The van der Waals surface area contributed by atoms with Gasteiger partial charge in [-0.2, -0.15) is 0 Å². The highest BCUT2D eigenvalue weighted by Gasteiger charge is 2.23. The maximum atomic E-state index is 12.9. The number of amides is 1. The number of rotatable bonds is 8. The van der Waals surface area contributed by atoms with Gasteiger partial charge < -0.3 is 19.3 Å². The van der Waals surface area contributed by atoms with E-state index in [1.807, 2.05) is 6.92 Å². The average molecular weight is 429 g/mol. The summed E-state index contributed by atoms with van der Waals surface area (Å²) in [4.78, 5) is 24.9. The highest BCUT2D eigenvalue weighted by atomic mass is 35.5. The molecular weight excluding hydrogens is 408 g/mol. The minimum atomic E-state index is -0.455. The fourth-order valence-corrected chi connectivity index (χ4v) is 3.01. The summed E-state index contributed by atoms with van der Waals surface area (Å²) >= 11 is 6.24. The van der Waals surface area contributed by atoms with Crippen molar-refractivity contribution >= 4 is 29.2 Å². The first-order valence-corrected chi connectivity index (χ1v) is 9.76. The number of nitrogens with one attached hydrogen (secondary N) is 1. The molecule has 0 bridgehead atoms. The minimum absolute atomic E-state index is 0.183. The van der Waals surface area contributed by atoms with Crippen LogP contribution < -0.4 is 5.32 Å². The summed E-state index contributed by atoms with van der Waals surface area (Å²) in [5.74, 6) is -0.476. The lowest BCUT2D eigenvalue weighted by Crippen LogP contribution is -2.14. The zero-order chi connectivity index (χ0) is 21.5. The van der Waals surface area contributed by atoms with Crippen molar-refractivity contribution in [3.8, 4) is 11.3 Å². The molecule has 0 fully saturated rings. The Morgan fingerprint density at radius 2 is 1.83 bits per heavy atom. The average Bonchev–Trinajstić information content (AvgIpc) is 3.13. The van der Waals surface area contributed by atoms with E-state index in [0.29, 0.717) is 52.1 Å². The second-order valence-corrected chi connectivity index (χ2v) is 6.71. The van der Waals surface area contributed by atoms with Crippen molar-refractivity contribution < 1.29 is 23.6 Å². The smallest absolute Gasteiger partial charge is 0.338 e. The topological polar surface area (TPSA) is 90.7 Å². The number of benzene rings is 2. The Hall–Kier alpha value is -3.16. The van der Waals surface area contributed by atoms with E-state index >= 15 is 0 Å². The van der Waals surface area contributed by atoms with Gasteiger partial charge >= 0.3 is 5.97 Å². The molecule has 3 rings (SSSR count). The molecule has 7 nitrogen and oxygen atoms in total. The number of hydrogen-bond acceptors (Lipinski definition) is 6. The van der Waals surface area contributed by atoms with Crippen molar-refractivity contribution in [1.29, 1.82) is 0 Å². The van der Waals surface area contributed by atoms with Gasteiger partial charge in [-0.1, -0.05) is 35.0 Å². The molecule has 0 atom stereocenters. The number of anilines is 1. The fourth-order valence-electron chi connectivity index (χ4n) is 2.78. The summed E-state index contributed by atoms with van der Waals surface area (Å²) in [5, 5.41) is 7.25. The monoisotopic (exact) mass is 428 g/mol. The molecule has 156 valence electrons. The van der Waals surface area contributed by atoms with Crippen LogP contribution in [0.1, 0.15) is 33.4 Å². The molecule has 1 aromatic heterocycles. The van der Waals surface area contributed by atoms with E-state index < -0.39 is 11.9 Å². The van der Waals surface area contributed by atoms with Gasteiger partial charge in [-0.25, -0.2) is 4.79 Å². The van der Waals surface area contributed by atoms with Crippen LogP contribution in [0.15, 0.2) is 53.1 Å². The lowest BCUT2D eigenvalue weighted by atomic mass is 10.1. The maximum absolute atomic E-state index is 12.9. The van der Waals surface area contributed by atoms with Crippen molar-refractivity contribution in [2.75, 3.05) is 25.1 Å². The van der Waals surface area contributed by atoms with E-state index in [0.717, 1.165) is 0 Å². The molecule has 0 unspecified atom stereocenters. The lowest BCUT2D eigenvalue weighted by Gasteiger charge is -2.08. The molecule has 0 aliphatic heterocycles. The Kier molecular flexibility index (Phi) is 7.21. The predicted molar refractivity (Wildman–Crippen MR) is 113 cm³/mol. The van der Waals surface area contributed by atoms with Crippen LogP contribution in [-0.4, -0.2) is 36.9 Å². The number of carbonyl (C=O) groups excluding carboxylic acids is 2. The zero-order valence-electron chi connectivity index (χ0n) is 16.6. The summed E-state index contributed by atoms with van der Waals surface area (Å²) in [6.45, 7) is 4.62. The van der Waals surface area contributed by atoms with Crippen molar-refractivity contribution in [2.24, 2.45) is 0 Å². The summed E-state index contributed by atoms with van der Waals surface area (Å²) in [5.41, 5.74) is 2.15. The highest BCUT2D eigenvalue weighted by molar-refractivity contribution is 6.33. The van der Waals surface area contributed by atoms with Gasteiger partial charge in [-0.3, -0.25) is 4.79 Å². The van der Waals surface area contributed by atoms with Crippen molar-refractivity contribution in [2.45, 2.75) is 13.8 Å². The molecular formula is C22H21ClN2O5. The highest BCUT2D eigenvalue weighted by Crippen LogP contribution is 2.31. The molecule has 0 radical (unpaired) electrons. The van der Waals surface area contributed by atoms with E-state index in [1.54, 1.807) is 55.5 Å². The normalized spacial score (nSPS) is 10.6. The zero-order valence-corrected chi connectivity index (χ0v) is 17.4. The molecule has 30 heavy (non-hydrogen) atoms. The van der Waals surface area contributed by atoms with Crippen LogP contribution in [0.4, 0.5) is 5.69 Å². The molecule has 1 N–H and O–H groups in total. The number of aryl methyl sites for hydroxylation is 1. The minimum Gasteiger partial charge on any atom is -0.460 e. The Labute approximate surface area is 178 Å². The number of nitrogens with zero attached hydrogens (tertiary/aromatic N) is 1. The van der Waals surface area contributed by atoms with Crippen LogP contribution in [0.25, 0.3) is 11.3 Å². The molecule has 2 aromatic carbocycles. The Bertz CT molecular complexity index is 1030. The fraction of sp³-hybridized carbons (Fsp3) is 0.227. The first kappa shape index (κ1) is 21.5. The van der Waals surface area contributed by atoms with E-state index in [1.165, 1.54) is 0 Å².